The van der Waals surface area contributed by atoms with Gasteiger partial charge in [-0.25, -0.2) is 0 Å². The van der Waals surface area contributed by atoms with Gasteiger partial charge in [-0.05, 0) is 38.0 Å². The molecule has 2 rings (SSSR count). The molecule has 0 saturated carbocycles. The molecule has 0 unspecified atom stereocenters. The zero-order valence-corrected chi connectivity index (χ0v) is 12.4. The van der Waals surface area contributed by atoms with Gasteiger partial charge in [-0.15, -0.1) is 11.3 Å². The second-order valence-electron chi connectivity index (χ2n) is 4.59. The first-order chi connectivity index (χ1) is 9.45. The second-order valence-corrected chi connectivity index (χ2v) is 5.81. The van der Waals surface area contributed by atoms with E-state index in [1.807, 2.05) is 26.8 Å². The van der Waals surface area contributed by atoms with Crippen molar-refractivity contribution in [3.8, 4) is 6.07 Å². The molecule has 5 heteroatoms. The van der Waals surface area contributed by atoms with Crippen molar-refractivity contribution in [1.29, 1.82) is 5.26 Å². The molecule has 0 aliphatic carbocycles. The summed E-state index contributed by atoms with van der Waals surface area (Å²) in [5, 5.41) is 12.5. The summed E-state index contributed by atoms with van der Waals surface area (Å²) in [5.41, 5.74) is 9.10. The molecule has 0 spiro atoms. The number of para-hydroxylation sites is 1. The third-order valence-electron chi connectivity index (χ3n) is 3.29. The number of amides is 1. The van der Waals surface area contributed by atoms with Crippen LogP contribution in [0, 0.1) is 32.1 Å². The fourth-order valence-corrected chi connectivity index (χ4v) is 2.90. The summed E-state index contributed by atoms with van der Waals surface area (Å²) in [5.74, 6) is -0.288. The predicted molar refractivity (Wildman–Crippen MR) is 82.1 cm³/mol. The zero-order chi connectivity index (χ0) is 14.9. The molecule has 0 radical (unpaired) electrons. The topological polar surface area (TPSA) is 78.9 Å². The van der Waals surface area contributed by atoms with Crippen LogP contribution in [0.4, 0.5) is 10.7 Å². The Hall–Kier alpha value is -2.32. The lowest BCUT2D eigenvalue weighted by Gasteiger charge is -2.08. The monoisotopic (exact) mass is 285 g/mol. The first-order valence-corrected chi connectivity index (χ1v) is 6.94. The SMILES string of the molecule is Cc1cccc(C(=O)Nc2sc(C)c(C)c2C#N)c1N. The molecule has 0 fully saturated rings. The van der Waals surface area contributed by atoms with Gasteiger partial charge in [0.25, 0.3) is 5.91 Å². The molecular formula is C15H15N3OS. The standard InChI is InChI=1S/C15H15N3OS/c1-8-5-4-6-11(13(8)17)14(19)18-15-12(7-16)9(2)10(3)20-15/h4-6H,17H2,1-3H3,(H,18,19). The van der Waals surface area contributed by atoms with Gasteiger partial charge in [0, 0.05) is 10.6 Å². The van der Waals surface area contributed by atoms with Crippen LogP contribution in [-0.2, 0) is 0 Å². The molecule has 0 aliphatic rings. The van der Waals surface area contributed by atoms with Gasteiger partial charge in [-0.3, -0.25) is 4.79 Å². The number of nitrogens with one attached hydrogen (secondary N) is 1. The van der Waals surface area contributed by atoms with Crippen LogP contribution in [0.15, 0.2) is 18.2 Å². The maximum absolute atomic E-state index is 12.3. The minimum absolute atomic E-state index is 0.288. The van der Waals surface area contributed by atoms with E-state index in [-0.39, 0.29) is 5.91 Å². The van der Waals surface area contributed by atoms with Gasteiger partial charge in [-0.2, -0.15) is 5.26 Å². The van der Waals surface area contributed by atoms with Crippen molar-refractivity contribution in [2.45, 2.75) is 20.8 Å². The number of carbonyl (C=O) groups is 1. The molecule has 0 saturated heterocycles. The molecule has 4 nitrogen and oxygen atoms in total. The Bertz CT molecular complexity index is 725. The van der Waals surface area contributed by atoms with Gasteiger partial charge in [0.2, 0.25) is 0 Å². The minimum Gasteiger partial charge on any atom is -0.398 e. The Morgan fingerprint density at radius 2 is 2.05 bits per heavy atom. The van der Waals surface area contributed by atoms with E-state index < -0.39 is 0 Å². The van der Waals surface area contributed by atoms with Crippen LogP contribution in [-0.4, -0.2) is 5.91 Å². The minimum atomic E-state index is -0.288. The molecule has 1 amide bonds. The van der Waals surface area contributed by atoms with Gasteiger partial charge < -0.3 is 11.1 Å². The Balaban J connectivity index is 2.36. The highest BCUT2D eigenvalue weighted by atomic mass is 32.1. The molecule has 102 valence electrons. The highest BCUT2D eigenvalue weighted by molar-refractivity contribution is 7.16. The summed E-state index contributed by atoms with van der Waals surface area (Å²) in [6, 6.07) is 7.45. The van der Waals surface area contributed by atoms with Crippen molar-refractivity contribution in [2.24, 2.45) is 0 Å². The van der Waals surface area contributed by atoms with Gasteiger partial charge in [0.15, 0.2) is 0 Å². The molecule has 20 heavy (non-hydrogen) atoms. The van der Waals surface area contributed by atoms with Crippen molar-refractivity contribution < 1.29 is 4.79 Å². The number of nitriles is 1. The summed E-state index contributed by atoms with van der Waals surface area (Å²) < 4.78 is 0. The van der Waals surface area contributed by atoms with Crippen LogP contribution < -0.4 is 11.1 Å². The summed E-state index contributed by atoms with van der Waals surface area (Å²) >= 11 is 1.40. The largest absolute Gasteiger partial charge is 0.398 e. The van der Waals surface area contributed by atoms with E-state index in [9.17, 15) is 10.1 Å². The Morgan fingerprint density at radius 1 is 1.35 bits per heavy atom. The van der Waals surface area contributed by atoms with Crippen LogP contribution in [0.25, 0.3) is 0 Å². The maximum Gasteiger partial charge on any atom is 0.258 e. The lowest BCUT2D eigenvalue weighted by molar-refractivity contribution is 0.102. The smallest absolute Gasteiger partial charge is 0.258 e. The van der Waals surface area contributed by atoms with E-state index in [1.165, 1.54) is 11.3 Å². The predicted octanol–water partition coefficient (Wildman–Crippen LogP) is 3.38. The van der Waals surface area contributed by atoms with Crippen LogP contribution in [0.1, 0.15) is 31.9 Å². The lowest BCUT2D eigenvalue weighted by atomic mass is 10.1. The highest BCUT2D eigenvalue weighted by Gasteiger charge is 2.17. The average Bonchev–Trinajstić information content (AvgIpc) is 2.67. The molecule has 1 aromatic carbocycles. The number of benzene rings is 1. The fraction of sp³-hybridized carbons (Fsp3) is 0.200. The molecule has 0 aliphatic heterocycles. The van der Waals surface area contributed by atoms with E-state index in [0.717, 1.165) is 16.0 Å². The van der Waals surface area contributed by atoms with E-state index in [2.05, 4.69) is 11.4 Å². The summed E-state index contributed by atoms with van der Waals surface area (Å²) in [7, 11) is 0. The molecular weight excluding hydrogens is 270 g/mol. The Morgan fingerprint density at radius 3 is 2.70 bits per heavy atom. The quantitative estimate of drug-likeness (QED) is 0.830. The van der Waals surface area contributed by atoms with Gasteiger partial charge >= 0.3 is 0 Å². The van der Waals surface area contributed by atoms with Crippen LogP contribution in [0.2, 0.25) is 0 Å². The van der Waals surface area contributed by atoms with Gasteiger partial charge in [-0.1, -0.05) is 12.1 Å². The highest BCUT2D eigenvalue weighted by Crippen LogP contribution is 2.32. The average molecular weight is 285 g/mol. The normalized spacial score (nSPS) is 10.1. The second kappa shape index (κ2) is 5.35. The van der Waals surface area contributed by atoms with E-state index in [1.54, 1.807) is 12.1 Å². The number of rotatable bonds is 2. The molecule has 1 aromatic heterocycles. The number of thiophene rings is 1. The van der Waals surface area contributed by atoms with Crippen LogP contribution >= 0.6 is 11.3 Å². The number of anilines is 2. The van der Waals surface area contributed by atoms with Crippen LogP contribution in [0.5, 0.6) is 0 Å². The molecule has 1 heterocycles. The molecule has 3 N–H and O–H groups in total. The van der Waals surface area contributed by atoms with Crippen LogP contribution in [0.3, 0.4) is 0 Å². The first kappa shape index (κ1) is 14.1. The van der Waals surface area contributed by atoms with Crippen molar-refractivity contribution in [2.75, 3.05) is 11.1 Å². The first-order valence-electron chi connectivity index (χ1n) is 6.12. The Kier molecular flexibility index (Phi) is 3.77. The number of nitrogen functional groups attached to an aromatic ring is 1. The summed E-state index contributed by atoms with van der Waals surface area (Å²) in [6.45, 7) is 5.66. The van der Waals surface area contributed by atoms with E-state index in [0.29, 0.717) is 21.8 Å². The Labute approximate surface area is 121 Å². The number of hydrogen-bond donors (Lipinski definition) is 2. The summed E-state index contributed by atoms with van der Waals surface area (Å²) in [6.07, 6.45) is 0. The van der Waals surface area contributed by atoms with E-state index >= 15 is 0 Å². The zero-order valence-electron chi connectivity index (χ0n) is 11.6. The third kappa shape index (κ3) is 2.38. The third-order valence-corrected chi connectivity index (χ3v) is 4.42. The maximum atomic E-state index is 12.3. The number of carbonyl (C=O) groups excluding carboxylic acids is 1. The summed E-state index contributed by atoms with van der Waals surface area (Å²) in [4.78, 5) is 13.3. The molecule has 2 aromatic rings. The van der Waals surface area contributed by atoms with Crippen molar-refractivity contribution in [3.63, 3.8) is 0 Å². The molecule has 0 atom stereocenters. The van der Waals surface area contributed by atoms with Gasteiger partial charge in [0.05, 0.1) is 11.1 Å². The van der Waals surface area contributed by atoms with Gasteiger partial charge in [0.1, 0.15) is 11.1 Å². The number of nitrogens with zero attached hydrogens (tertiary/aromatic N) is 1. The lowest BCUT2D eigenvalue weighted by Crippen LogP contribution is -2.14. The van der Waals surface area contributed by atoms with E-state index in [4.69, 9.17) is 5.73 Å². The number of nitrogens with two attached hydrogens (primary N) is 1. The number of hydrogen-bond acceptors (Lipinski definition) is 4. The molecule has 0 bridgehead atoms. The van der Waals surface area contributed by atoms with Crippen molar-refractivity contribution in [1.82, 2.24) is 0 Å². The van der Waals surface area contributed by atoms with Crippen molar-refractivity contribution >= 4 is 27.9 Å². The number of aryl methyl sites for hydroxylation is 2. The fourth-order valence-electron chi connectivity index (χ4n) is 1.90. The van der Waals surface area contributed by atoms with Crippen molar-refractivity contribution in [3.05, 3.63) is 45.3 Å².